The number of carbonyl (C=O) groups excluding carboxylic acids is 1. The average Bonchev–Trinajstić information content (AvgIpc) is 3.35. The third kappa shape index (κ3) is 4.62. The fourth-order valence-electron chi connectivity index (χ4n) is 4.74. The Kier molecular flexibility index (Phi) is 6.11. The molecule has 0 radical (unpaired) electrons. The van der Waals surface area contributed by atoms with Crippen molar-refractivity contribution in [3.05, 3.63) is 78.1 Å². The van der Waals surface area contributed by atoms with E-state index in [2.05, 4.69) is 36.9 Å². The molecule has 8 nitrogen and oxygen atoms in total. The SMILES string of the molecule is COc1ccc(CN2CCC3(CC2)OC(C(=O)NCc2cccnc2)Cn2ccnc23)cc1. The van der Waals surface area contributed by atoms with E-state index in [-0.39, 0.29) is 5.91 Å². The maximum Gasteiger partial charge on any atom is 0.251 e. The molecule has 1 saturated heterocycles. The maximum absolute atomic E-state index is 13.0. The van der Waals surface area contributed by atoms with Crippen LogP contribution in [0.15, 0.2) is 61.2 Å². The Morgan fingerprint density at radius 2 is 2.00 bits per heavy atom. The molecule has 5 rings (SSSR count). The van der Waals surface area contributed by atoms with E-state index in [0.29, 0.717) is 13.1 Å². The number of likely N-dealkylation sites (tertiary alicyclic amines) is 1. The number of hydrogen-bond donors (Lipinski definition) is 1. The molecule has 33 heavy (non-hydrogen) atoms. The van der Waals surface area contributed by atoms with Crippen LogP contribution >= 0.6 is 0 Å². The number of pyridine rings is 1. The molecular formula is C25H29N5O3. The summed E-state index contributed by atoms with van der Waals surface area (Å²) in [4.78, 5) is 24.1. The van der Waals surface area contributed by atoms with E-state index in [1.54, 1.807) is 25.7 Å². The van der Waals surface area contributed by atoms with Crippen molar-refractivity contribution in [3.8, 4) is 5.75 Å². The summed E-state index contributed by atoms with van der Waals surface area (Å²) in [6.45, 7) is 3.55. The fraction of sp³-hybridized carbons (Fsp3) is 0.400. The van der Waals surface area contributed by atoms with Gasteiger partial charge in [-0.3, -0.25) is 14.7 Å². The molecule has 3 aromatic rings. The minimum Gasteiger partial charge on any atom is -0.497 e. The summed E-state index contributed by atoms with van der Waals surface area (Å²) in [6, 6.07) is 12.0. The van der Waals surface area contributed by atoms with Gasteiger partial charge in [-0.05, 0) is 42.2 Å². The third-order valence-corrected chi connectivity index (χ3v) is 6.56. The summed E-state index contributed by atoms with van der Waals surface area (Å²) >= 11 is 0. The van der Waals surface area contributed by atoms with Gasteiger partial charge >= 0.3 is 0 Å². The molecule has 2 aliphatic heterocycles. The van der Waals surface area contributed by atoms with E-state index in [1.165, 1.54) is 5.56 Å². The average molecular weight is 448 g/mol. The van der Waals surface area contributed by atoms with Crippen molar-refractivity contribution in [1.82, 2.24) is 24.8 Å². The number of ether oxygens (including phenoxy) is 2. The molecule has 172 valence electrons. The largest absolute Gasteiger partial charge is 0.497 e. The number of nitrogens with one attached hydrogen (secondary N) is 1. The van der Waals surface area contributed by atoms with Crippen LogP contribution < -0.4 is 10.1 Å². The normalized spacial score (nSPS) is 19.7. The fourth-order valence-corrected chi connectivity index (χ4v) is 4.74. The van der Waals surface area contributed by atoms with E-state index < -0.39 is 11.7 Å². The Morgan fingerprint density at radius 1 is 1.18 bits per heavy atom. The van der Waals surface area contributed by atoms with Crippen LogP contribution in [0.25, 0.3) is 0 Å². The lowest BCUT2D eigenvalue weighted by atomic mass is 9.88. The maximum atomic E-state index is 13.0. The van der Waals surface area contributed by atoms with Crippen molar-refractivity contribution in [1.29, 1.82) is 0 Å². The first kappa shape index (κ1) is 21.6. The van der Waals surface area contributed by atoms with Crippen LogP contribution in [-0.4, -0.2) is 51.6 Å². The highest BCUT2D eigenvalue weighted by molar-refractivity contribution is 5.80. The number of piperidine rings is 1. The number of carbonyl (C=O) groups is 1. The monoisotopic (exact) mass is 447 g/mol. The van der Waals surface area contributed by atoms with Crippen molar-refractivity contribution in [2.24, 2.45) is 0 Å². The van der Waals surface area contributed by atoms with Gasteiger partial charge in [0.15, 0.2) is 6.10 Å². The Morgan fingerprint density at radius 3 is 2.73 bits per heavy atom. The summed E-state index contributed by atoms with van der Waals surface area (Å²) in [5, 5.41) is 3.01. The van der Waals surface area contributed by atoms with Gasteiger partial charge in [-0.2, -0.15) is 0 Å². The van der Waals surface area contributed by atoms with E-state index in [4.69, 9.17) is 9.47 Å². The molecule has 1 unspecified atom stereocenters. The van der Waals surface area contributed by atoms with Crippen LogP contribution in [0.2, 0.25) is 0 Å². The van der Waals surface area contributed by atoms with Crippen LogP contribution in [0.3, 0.4) is 0 Å². The van der Waals surface area contributed by atoms with Crippen LogP contribution in [0.1, 0.15) is 29.8 Å². The number of rotatable bonds is 6. The number of fused-ring (bicyclic) bond motifs is 2. The van der Waals surface area contributed by atoms with Crippen LogP contribution in [0.5, 0.6) is 5.75 Å². The van der Waals surface area contributed by atoms with Gasteiger partial charge in [0, 0.05) is 51.0 Å². The van der Waals surface area contributed by atoms with Crippen molar-refractivity contribution in [3.63, 3.8) is 0 Å². The molecule has 2 aromatic heterocycles. The smallest absolute Gasteiger partial charge is 0.251 e. The third-order valence-electron chi connectivity index (χ3n) is 6.56. The van der Waals surface area contributed by atoms with Crippen LogP contribution in [0, 0.1) is 0 Å². The molecule has 1 atom stereocenters. The zero-order valence-electron chi connectivity index (χ0n) is 18.8. The zero-order valence-corrected chi connectivity index (χ0v) is 18.8. The van der Waals surface area contributed by atoms with Crippen molar-refractivity contribution in [2.75, 3.05) is 20.2 Å². The molecule has 1 spiro atoms. The van der Waals surface area contributed by atoms with Crippen molar-refractivity contribution < 1.29 is 14.3 Å². The van der Waals surface area contributed by atoms with Gasteiger partial charge in [0.1, 0.15) is 17.2 Å². The number of methoxy groups -OCH3 is 1. The van der Waals surface area contributed by atoms with Crippen LogP contribution in [0.4, 0.5) is 0 Å². The Hall–Kier alpha value is -3.23. The zero-order chi connectivity index (χ0) is 22.7. The Balaban J connectivity index is 1.24. The molecule has 2 aliphatic rings. The number of nitrogens with zero attached hydrogens (tertiary/aromatic N) is 4. The molecular weight excluding hydrogens is 418 g/mol. The van der Waals surface area contributed by atoms with Gasteiger partial charge in [-0.25, -0.2) is 4.98 Å². The first-order valence-electron chi connectivity index (χ1n) is 11.4. The van der Waals surface area contributed by atoms with Gasteiger partial charge in [0.05, 0.1) is 13.7 Å². The first-order chi connectivity index (χ1) is 16.1. The van der Waals surface area contributed by atoms with E-state index in [1.807, 2.05) is 30.5 Å². The number of imidazole rings is 1. The van der Waals surface area contributed by atoms with Crippen molar-refractivity contribution >= 4 is 5.91 Å². The highest BCUT2D eigenvalue weighted by Crippen LogP contribution is 2.40. The summed E-state index contributed by atoms with van der Waals surface area (Å²) < 4.78 is 13.9. The van der Waals surface area contributed by atoms with Gasteiger partial charge < -0.3 is 19.4 Å². The summed E-state index contributed by atoms with van der Waals surface area (Å²) in [7, 11) is 1.68. The molecule has 1 fully saturated rings. The highest BCUT2D eigenvalue weighted by atomic mass is 16.5. The second-order valence-electron chi connectivity index (χ2n) is 8.71. The van der Waals surface area contributed by atoms with E-state index in [9.17, 15) is 4.79 Å². The summed E-state index contributed by atoms with van der Waals surface area (Å²) in [5.41, 5.74) is 1.69. The van der Waals surface area contributed by atoms with Gasteiger partial charge in [0.2, 0.25) is 0 Å². The lowest BCUT2D eigenvalue weighted by Gasteiger charge is -2.45. The van der Waals surface area contributed by atoms with Gasteiger partial charge in [-0.15, -0.1) is 0 Å². The standard InChI is InChI=1S/C25H29N5O3/c1-32-21-6-4-19(5-7-21)17-29-12-8-25(9-13-29)24-27-11-14-30(24)18-22(33-25)23(31)28-16-20-3-2-10-26-15-20/h2-7,10-11,14-15,22H,8-9,12-13,16-18H2,1H3,(H,28,31). The molecule has 1 aromatic carbocycles. The number of aromatic nitrogens is 3. The predicted molar refractivity (Wildman–Crippen MR) is 122 cm³/mol. The number of benzene rings is 1. The lowest BCUT2D eigenvalue weighted by Crippen LogP contribution is -2.53. The Bertz CT molecular complexity index is 1070. The number of amides is 1. The predicted octanol–water partition coefficient (Wildman–Crippen LogP) is 2.49. The minimum atomic E-state index is -0.545. The molecule has 0 bridgehead atoms. The molecule has 1 N–H and O–H groups in total. The topological polar surface area (TPSA) is 81.5 Å². The second-order valence-corrected chi connectivity index (χ2v) is 8.71. The van der Waals surface area contributed by atoms with Crippen LogP contribution in [-0.2, 0) is 34.8 Å². The van der Waals surface area contributed by atoms with Gasteiger partial charge in [-0.1, -0.05) is 18.2 Å². The quantitative estimate of drug-likeness (QED) is 0.625. The number of hydrogen-bond acceptors (Lipinski definition) is 6. The summed E-state index contributed by atoms with van der Waals surface area (Å²) in [5.74, 6) is 1.70. The first-order valence-corrected chi connectivity index (χ1v) is 11.4. The summed E-state index contributed by atoms with van der Waals surface area (Å²) in [6.07, 6.45) is 8.29. The molecule has 0 saturated carbocycles. The molecule has 0 aliphatic carbocycles. The van der Waals surface area contributed by atoms with E-state index in [0.717, 1.165) is 49.6 Å². The highest BCUT2D eigenvalue weighted by Gasteiger charge is 2.47. The second kappa shape index (κ2) is 9.33. The molecule has 4 heterocycles. The van der Waals surface area contributed by atoms with Gasteiger partial charge in [0.25, 0.3) is 5.91 Å². The van der Waals surface area contributed by atoms with Crippen molar-refractivity contribution in [2.45, 2.75) is 44.2 Å². The minimum absolute atomic E-state index is 0.0989. The lowest BCUT2D eigenvalue weighted by molar-refractivity contribution is -0.174. The molecule has 1 amide bonds. The molecule has 8 heteroatoms. The Labute approximate surface area is 193 Å². The van der Waals surface area contributed by atoms with E-state index >= 15 is 0 Å².